The van der Waals surface area contributed by atoms with Crippen LogP contribution in [-0.2, 0) is 6.61 Å². The SMILES string of the molecule is CC(C)N1CC2CC[C@H](C2)C1.N#Cc1ccc(CO)cc1. The number of aliphatic hydroxyl groups is 1. The van der Waals surface area contributed by atoms with Gasteiger partial charge in [0.25, 0.3) is 0 Å². The Morgan fingerprint density at radius 3 is 2.19 bits per heavy atom. The van der Waals surface area contributed by atoms with Gasteiger partial charge in [-0.3, -0.25) is 0 Å². The Morgan fingerprint density at radius 1 is 1.19 bits per heavy atom. The number of nitrogens with zero attached hydrogens (tertiary/aromatic N) is 2. The molecule has 1 heterocycles. The number of rotatable bonds is 2. The van der Waals surface area contributed by atoms with Crippen LogP contribution in [0.4, 0.5) is 0 Å². The highest BCUT2D eigenvalue weighted by Crippen LogP contribution is 2.36. The highest BCUT2D eigenvalue weighted by Gasteiger charge is 2.33. The minimum absolute atomic E-state index is 0.0334. The molecular weight excluding hydrogens is 260 g/mol. The molecule has 2 bridgehead atoms. The molecule has 1 aliphatic heterocycles. The van der Waals surface area contributed by atoms with Crippen molar-refractivity contribution in [2.45, 2.75) is 45.8 Å². The average molecular weight is 286 g/mol. The second kappa shape index (κ2) is 7.59. The van der Waals surface area contributed by atoms with Gasteiger partial charge in [-0.1, -0.05) is 12.1 Å². The van der Waals surface area contributed by atoms with E-state index in [0.717, 1.165) is 23.4 Å². The van der Waals surface area contributed by atoms with Gasteiger partial charge in [-0.05, 0) is 62.6 Å². The summed E-state index contributed by atoms with van der Waals surface area (Å²) in [5, 5.41) is 17.0. The predicted molar refractivity (Wildman–Crippen MR) is 84.6 cm³/mol. The van der Waals surface area contributed by atoms with Gasteiger partial charge in [0.2, 0.25) is 0 Å². The topological polar surface area (TPSA) is 47.3 Å². The van der Waals surface area contributed by atoms with Crippen LogP contribution in [0.1, 0.15) is 44.2 Å². The zero-order valence-corrected chi connectivity index (χ0v) is 13.1. The number of likely N-dealkylation sites (tertiary alicyclic amines) is 1. The summed E-state index contributed by atoms with van der Waals surface area (Å²) in [7, 11) is 0. The van der Waals surface area contributed by atoms with E-state index in [1.807, 2.05) is 6.07 Å². The fourth-order valence-corrected chi connectivity index (χ4v) is 3.35. The first-order valence-electron chi connectivity index (χ1n) is 7.96. The van der Waals surface area contributed by atoms with E-state index in [2.05, 4.69) is 18.7 Å². The summed E-state index contributed by atoms with van der Waals surface area (Å²) in [4.78, 5) is 2.66. The van der Waals surface area contributed by atoms with Gasteiger partial charge in [-0.25, -0.2) is 0 Å². The summed E-state index contributed by atoms with van der Waals surface area (Å²) in [6, 6.07) is 9.61. The largest absolute Gasteiger partial charge is 0.392 e. The summed E-state index contributed by atoms with van der Waals surface area (Å²) in [6.45, 7) is 7.45. The van der Waals surface area contributed by atoms with Gasteiger partial charge < -0.3 is 10.0 Å². The van der Waals surface area contributed by atoms with Crippen molar-refractivity contribution in [1.82, 2.24) is 4.90 Å². The predicted octanol–water partition coefficient (Wildman–Crippen LogP) is 3.18. The minimum atomic E-state index is 0.0334. The van der Waals surface area contributed by atoms with Crippen molar-refractivity contribution in [1.29, 1.82) is 5.26 Å². The van der Waals surface area contributed by atoms with Crippen LogP contribution in [0, 0.1) is 23.2 Å². The summed E-state index contributed by atoms with van der Waals surface area (Å²) < 4.78 is 0. The normalized spacial score (nSPS) is 24.3. The van der Waals surface area contributed by atoms with Crippen molar-refractivity contribution in [3.8, 4) is 6.07 Å². The molecule has 0 aromatic heterocycles. The van der Waals surface area contributed by atoms with Gasteiger partial charge in [-0.15, -0.1) is 0 Å². The fourth-order valence-electron chi connectivity index (χ4n) is 3.35. The smallest absolute Gasteiger partial charge is 0.0991 e. The van der Waals surface area contributed by atoms with Gasteiger partial charge in [0.15, 0.2) is 0 Å². The van der Waals surface area contributed by atoms with Crippen molar-refractivity contribution in [3.05, 3.63) is 35.4 Å². The lowest BCUT2D eigenvalue weighted by atomic mass is 9.98. The van der Waals surface area contributed by atoms with Crippen LogP contribution >= 0.6 is 0 Å². The molecule has 0 amide bonds. The first-order chi connectivity index (χ1) is 10.1. The maximum absolute atomic E-state index is 8.62. The Morgan fingerprint density at radius 2 is 1.76 bits per heavy atom. The molecule has 1 aliphatic carbocycles. The van der Waals surface area contributed by atoms with Crippen molar-refractivity contribution in [2.75, 3.05) is 13.1 Å². The monoisotopic (exact) mass is 286 g/mol. The zero-order valence-electron chi connectivity index (χ0n) is 13.1. The van der Waals surface area contributed by atoms with E-state index in [-0.39, 0.29) is 6.61 Å². The second-order valence-electron chi connectivity index (χ2n) is 6.56. The Balaban J connectivity index is 0.000000155. The summed E-state index contributed by atoms with van der Waals surface area (Å²) in [6.07, 6.45) is 4.55. The Kier molecular flexibility index (Phi) is 5.78. The molecule has 2 atom stereocenters. The Bertz CT molecular complexity index is 463. The molecular formula is C18H26N2O. The number of nitriles is 1. The summed E-state index contributed by atoms with van der Waals surface area (Å²) in [5.74, 6) is 2.10. The summed E-state index contributed by atoms with van der Waals surface area (Å²) in [5.41, 5.74) is 1.45. The molecule has 1 saturated carbocycles. The highest BCUT2D eigenvalue weighted by atomic mass is 16.3. The van der Waals surface area contributed by atoms with Gasteiger partial charge >= 0.3 is 0 Å². The third-order valence-electron chi connectivity index (χ3n) is 4.63. The van der Waals surface area contributed by atoms with Crippen LogP contribution in [-0.4, -0.2) is 29.1 Å². The number of benzene rings is 1. The second-order valence-corrected chi connectivity index (χ2v) is 6.56. The number of aliphatic hydroxyl groups excluding tert-OH is 1. The minimum Gasteiger partial charge on any atom is -0.392 e. The van der Waals surface area contributed by atoms with Gasteiger partial charge in [0.1, 0.15) is 0 Å². The first-order valence-corrected chi connectivity index (χ1v) is 7.96. The van der Waals surface area contributed by atoms with E-state index in [1.165, 1.54) is 32.4 Å². The molecule has 2 fully saturated rings. The Labute approximate surface area is 128 Å². The van der Waals surface area contributed by atoms with E-state index >= 15 is 0 Å². The zero-order chi connectivity index (χ0) is 15.2. The Hall–Kier alpha value is -1.37. The van der Waals surface area contributed by atoms with Crippen molar-refractivity contribution in [3.63, 3.8) is 0 Å². The molecule has 114 valence electrons. The van der Waals surface area contributed by atoms with Crippen LogP contribution in [0.15, 0.2) is 24.3 Å². The molecule has 1 aromatic carbocycles. The van der Waals surface area contributed by atoms with Crippen molar-refractivity contribution in [2.24, 2.45) is 11.8 Å². The lowest BCUT2D eigenvalue weighted by molar-refractivity contribution is 0.133. The number of piperidine rings is 1. The molecule has 1 saturated heterocycles. The molecule has 0 radical (unpaired) electrons. The van der Waals surface area contributed by atoms with E-state index in [1.54, 1.807) is 24.3 Å². The first kappa shape index (κ1) is 16.0. The van der Waals surface area contributed by atoms with Crippen LogP contribution < -0.4 is 0 Å². The van der Waals surface area contributed by atoms with E-state index in [4.69, 9.17) is 10.4 Å². The maximum Gasteiger partial charge on any atom is 0.0991 e. The molecule has 1 aromatic rings. The van der Waals surface area contributed by atoms with Crippen LogP contribution in [0.2, 0.25) is 0 Å². The van der Waals surface area contributed by atoms with Crippen LogP contribution in [0.5, 0.6) is 0 Å². The quantitative estimate of drug-likeness (QED) is 0.908. The average Bonchev–Trinajstić information content (AvgIpc) is 2.86. The number of hydrogen-bond acceptors (Lipinski definition) is 3. The van der Waals surface area contributed by atoms with Gasteiger partial charge in [-0.2, -0.15) is 5.26 Å². The number of hydrogen-bond donors (Lipinski definition) is 1. The molecule has 3 nitrogen and oxygen atoms in total. The molecule has 3 rings (SSSR count). The third kappa shape index (κ3) is 4.56. The molecule has 1 N–H and O–H groups in total. The molecule has 21 heavy (non-hydrogen) atoms. The van der Waals surface area contributed by atoms with E-state index < -0.39 is 0 Å². The molecule has 1 unspecified atom stereocenters. The lowest BCUT2D eigenvalue weighted by Gasteiger charge is -2.34. The van der Waals surface area contributed by atoms with Gasteiger partial charge in [0.05, 0.1) is 18.2 Å². The van der Waals surface area contributed by atoms with Gasteiger partial charge in [0, 0.05) is 19.1 Å². The molecule has 2 aliphatic rings. The molecule has 0 spiro atoms. The van der Waals surface area contributed by atoms with Crippen molar-refractivity contribution >= 4 is 0 Å². The van der Waals surface area contributed by atoms with Crippen LogP contribution in [0.25, 0.3) is 0 Å². The van der Waals surface area contributed by atoms with Crippen molar-refractivity contribution < 1.29 is 5.11 Å². The maximum atomic E-state index is 8.62. The fraction of sp³-hybridized carbons (Fsp3) is 0.611. The molecule has 3 heteroatoms. The standard InChI is InChI=1S/C10H19N.C8H7NO/c1-8(2)11-6-9-3-4-10(5-9)7-11;9-5-7-1-3-8(6-10)4-2-7/h8-10H,3-7H2,1-2H3;1-4,10H,6H2/t9-,10?;/m1./s1. The number of fused-ring (bicyclic) bond motifs is 2. The third-order valence-corrected chi connectivity index (χ3v) is 4.63. The van der Waals surface area contributed by atoms with E-state index in [0.29, 0.717) is 5.56 Å². The summed E-state index contributed by atoms with van der Waals surface area (Å²) >= 11 is 0. The lowest BCUT2D eigenvalue weighted by Crippen LogP contribution is -2.40. The van der Waals surface area contributed by atoms with Crippen LogP contribution in [0.3, 0.4) is 0 Å². The highest BCUT2D eigenvalue weighted by molar-refractivity contribution is 5.31. The van der Waals surface area contributed by atoms with E-state index in [9.17, 15) is 0 Å².